The molecule has 108 valence electrons. The summed E-state index contributed by atoms with van der Waals surface area (Å²) in [7, 11) is -1.88. The summed E-state index contributed by atoms with van der Waals surface area (Å²) in [6, 6.07) is 7.45. The van der Waals surface area contributed by atoms with E-state index in [9.17, 15) is 8.42 Å². The maximum Gasteiger partial charge on any atom is 0.237 e. The summed E-state index contributed by atoms with van der Waals surface area (Å²) >= 11 is 0. The quantitative estimate of drug-likeness (QED) is 0.777. The maximum absolute atomic E-state index is 12.3. The molecule has 5 nitrogen and oxygen atoms in total. The first kappa shape index (κ1) is 15.9. The molecule has 0 spiro atoms. The fourth-order valence-electron chi connectivity index (χ4n) is 1.75. The third-order valence-electron chi connectivity index (χ3n) is 2.74. The minimum atomic E-state index is -3.37. The highest BCUT2D eigenvalue weighted by Gasteiger charge is 2.21. The van der Waals surface area contributed by atoms with E-state index in [1.807, 2.05) is 25.1 Å². The maximum atomic E-state index is 12.3. The van der Waals surface area contributed by atoms with Gasteiger partial charge in [-0.25, -0.2) is 8.42 Å². The first-order valence-corrected chi connectivity index (χ1v) is 7.88. The van der Waals surface area contributed by atoms with Crippen LogP contribution in [-0.2, 0) is 14.8 Å². The topological polar surface area (TPSA) is 72.6 Å². The number of ether oxygens (including phenoxy) is 1. The number of hydrogen-bond donors (Lipinski definition) is 1. The summed E-state index contributed by atoms with van der Waals surface area (Å²) in [6.45, 7) is 2.98. The van der Waals surface area contributed by atoms with Gasteiger partial charge >= 0.3 is 0 Å². The molecule has 0 unspecified atom stereocenters. The molecule has 0 heterocycles. The van der Waals surface area contributed by atoms with E-state index >= 15 is 0 Å². The molecule has 1 rings (SSSR count). The van der Waals surface area contributed by atoms with Crippen molar-refractivity contribution in [1.82, 2.24) is 0 Å². The van der Waals surface area contributed by atoms with Gasteiger partial charge in [-0.3, -0.25) is 4.31 Å². The van der Waals surface area contributed by atoms with Crippen molar-refractivity contribution < 1.29 is 13.2 Å². The Balaban J connectivity index is 3.00. The van der Waals surface area contributed by atoms with Gasteiger partial charge in [0.15, 0.2) is 0 Å². The molecule has 6 heteroatoms. The summed E-state index contributed by atoms with van der Waals surface area (Å²) in [5.74, 6) is -0.0258. The number of benzene rings is 1. The second kappa shape index (κ2) is 7.47. The van der Waals surface area contributed by atoms with Gasteiger partial charge in [0.1, 0.15) is 0 Å². The average Bonchev–Trinajstić information content (AvgIpc) is 2.37. The number of nitrogens with zero attached hydrogens (tertiary/aromatic N) is 1. The predicted octanol–water partition coefficient (Wildman–Crippen LogP) is 1.13. The van der Waals surface area contributed by atoms with E-state index in [0.29, 0.717) is 25.2 Å². The van der Waals surface area contributed by atoms with Gasteiger partial charge in [-0.15, -0.1) is 0 Å². The van der Waals surface area contributed by atoms with Crippen LogP contribution in [0.4, 0.5) is 5.69 Å². The molecule has 0 radical (unpaired) electrons. The lowest BCUT2D eigenvalue weighted by Gasteiger charge is -2.24. The van der Waals surface area contributed by atoms with Crippen LogP contribution in [-0.4, -0.2) is 41.0 Å². The van der Waals surface area contributed by atoms with Gasteiger partial charge in [0.25, 0.3) is 0 Å². The Hall–Kier alpha value is -1.11. The zero-order valence-corrected chi connectivity index (χ0v) is 12.3. The minimum Gasteiger partial charge on any atom is -0.384 e. The van der Waals surface area contributed by atoms with Crippen molar-refractivity contribution in [3.05, 3.63) is 29.8 Å². The molecule has 0 bridgehead atoms. The van der Waals surface area contributed by atoms with E-state index in [0.717, 1.165) is 5.56 Å². The zero-order valence-electron chi connectivity index (χ0n) is 11.5. The monoisotopic (exact) mass is 286 g/mol. The van der Waals surface area contributed by atoms with E-state index in [1.165, 1.54) is 11.4 Å². The van der Waals surface area contributed by atoms with Crippen LogP contribution in [0.1, 0.15) is 12.0 Å². The van der Waals surface area contributed by atoms with Gasteiger partial charge in [-0.05, 0) is 37.6 Å². The van der Waals surface area contributed by atoms with Crippen LogP contribution >= 0.6 is 0 Å². The highest BCUT2D eigenvalue weighted by atomic mass is 32.2. The summed E-state index contributed by atoms with van der Waals surface area (Å²) < 4.78 is 30.9. The van der Waals surface area contributed by atoms with Gasteiger partial charge in [0, 0.05) is 13.7 Å². The second-order valence-electron chi connectivity index (χ2n) is 4.36. The summed E-state index contributed by atoms with van der Waals surface area (Å²) in [6.07, 6.45) is 0.625. The zero-order chi connectivity index (χ0) is 14.3. The molecule has 0 aromatic heterocycles. The van der Waals surface area contributed by atoms with E-state index in [2.05, 4.69) is 0 Å². The molecule has 0 saturated carbocycles. The van der Waals surface area contributed by atoms with Crippen molar-refractivity contribution in [2.45, 2.75) is 13.3 Å². The van der Waals surface area contributed by atoms with E-state index in [1.54, 1.807) is 6.07 Å². The van der Waals surface area contributed by atoms with Crippen molar-refractivity contribution in [3.63, 3.8) is 0 Å². The summed E-state index contributed by atoms with van der Waals surface area (Å²) in [5.41, 5.74) is 7.19. The molecule has 2 N–H and O–H groups in total. The lowest BCUT2D eigenvalue weighted by Crippen LogP contribution is -2.36. The third-order valence-corrected chi connectivity index (χ3v) is 4.48. The van der Waals surface area contributed by atoms with Gasteiger partial charge in [0.05, 0.1) is 18.0 Å². The van der Waals surface area contributed by atoms with E-state index in [4.69, 9.17) is 10.5 Å². The Labute approximate surface area is 115 Å². The van der Waals surface area contributed by atoms with Gasteiger partial charge < -0.3 is 10.5 Å². The van der Waals surface area contributed by atoms with Crippen LogP contribution in [0.25, 0.3) is 0 Å². The van der Waals surface area contributed by atoms with Gasteiger partial charge in [-0.2, -0.15) is 0 Å². The largest absolute Gasteiger partial charge is 0.384 e. The molecule has 0 aliphatic rings. The Morgan fingerprint density at radius 1 is 1.37 bits per heavy atom. The number of sulfonamides is 1. The molecule has 0 atom stereocenters. The number of methoxy groups -OCH3 is 1. The van der Waals surface area contributed by atoms with Crippen LogP contribution in [0.5, 0.6) is 0 Å². The Morgan fingerprint density at radius 3 is 2.68 bits per heavy atom. The number of anilines is 1. The predicted molar refractivity (Wildman–Crippen MR) is 77.9 cm³/mol. The van der Waals surface area contributed by atoms with Crippen LogP contribution in [0, 0.1) is 6.92 Å². The fourth-order valence-corrected chi connectivity index (χ4v) is 3.19. The molecule has 1 aromatic carbocycles. The number of hydrogen-bond acceptors (Lipinski definition) is 4. The number of nitrogens with two attached hydrogens (primary N) is 1. The molecule has 0 amide bonds. The average molecular weight is 286 g/mol. The van der Waals surface area contributed by atoms with E-state index in [-0.39, 0.29) is 12.4 Å². The molecule has 1 aromatic rings. The minimum absolute atomic E-state index is 0.0258. The fraction of sp³-hybridized carbons (Fsp3) is 0.538. The van der Waals surface area contributed by atoms with Crippen LogP contribution in [0.15, 0.2) is 24.3 Å². The van der Waals surface area contributed by atoms with Gasteiger partial charge in [0.2, 0.25) is 10.0 Å². The second-order valence-corrected chi connectivity index (χ2v) is 6.38. The lowest BCUT2D eigenvalue weighted by molar-refractivity contribution is 0.217. The highest BCUT2D eigenvalue weighted by Crippen LogP contribution is 2.20. The number of aryl methyl sites for hydroxylation is 1. The molecule has 0 saturated heterocycles. The highest BCUT2D eigenvalue weighted by molar-refractivity contribution is 7.92. The Bertz CT molecular complexity index is 488. The SMILES string of the molecule is COCCS(=O)(=O)N(CCCN)c1cccc(C)c1. The van der Waals surface area contributed by atoms with Gasteiger partial charge in [-0.1, -0.05) is 12.1 Å². The van der Waals surface area contributed by atoms with Crippen molar-refractivity contribution in [3.8, 4) is 0 Å². The smallest absolute Gasteiger partial charge is 0.237 e. The molecule has 0 fully saturated rings. The van der Waals surface area contributed by atoms with Crippen LogP contribution in [0.3, 0.4) is 0 Å². The first-order valence-electron chi connectivity index (χ1n) is 6.27. The standard InChI is InChI=1S/C13H22N2O3S/c1-12-5-3-6-13(11-12)15(8-4-7-14)19(16,17)10-9-18-2/h3,5-6,11H,4,7-10,14H2,1-2H3. The summed E-state index contributed by atoms with van der Waals surface area (Å²) in [5, 5.41) is 0. The summed E-state index contributed by atoms with van der Waals surface area (Å²) in [4.78, 5) is 0. The molecular weight excluding hydrogens is 264 g/mol. The van der Waals surface area contributed by atoms with Crippen LogP contribution < -0.4 is 10.0 Å². The molecule has 0 aliphatic heterocycles. The van der Waals surface area contributed by atoms with Crippen molar-refractivity contribution in [1.29, 1.82) is 0 Å². The molecule has 19 heavy (non-hydrogen) atoms. The van der Waals surface area contributed by atoms with Crippen molar-refractivity contribution >= 4 is 15.7 Å². The third kappa shape index (κ3) is 4.81. The normalized spacial score (nSPS) is 11.5. The number of rotatable bonds is 8. The van der Waals surface area contributed by atoms with Crippen molar-refractivity contribution in [2.24, 2.45) is 5.73 Å². The lowest BCUT2D eigenvalue weighted by atomic mass is 10.2. The molecular formula is C13H22N2O3S. The Morgan fingerprint density at radius 2 is 2.11 bits per heavy atom. The van der Waals surface area contributed by atoms with E-state index < -0.39 is 10.0 Å². The molecule has 0 aliphatic carbocycles. The van der Waals surface area contributed by atoms with Crippen molar-refractivity contribution in [2.75, 3.05) is 36.9 Å². The Kier molecular flexibility index (Phi) is 6.27. The van der Waals surface area contributed by atoms with Crippen LogP contribution in [0.2, 0.25) is 0 Å². The first-order chi connectivity index (χ1) is 9.01.